The molecule has 0 aliphatic carbocycles. The number of hydrogen-bond acceptors (Lipinski definition) is 4. The summed E-state index contributed by atoms with van der Waals surface area (Å²) in [6.07, 6.45) is 0. The Hall–Kier alpha value is -0.980. The van der Waals surface area contributed by atoms with Gasteiger partial charge in [0.2, 0.25) is 0 Å². The number of halogens is 1. The van der Waals surface area contributed by atoms with E-state index in [1.54, 1.807) is 18.2 Å². The average molecular weight is 348 g/mol. The topological polar surface area (TPSA) is 39.1 Å². The van der Waals surface area contributed by atoms with Gasteiger partial charge in [-0.25, -0.2) is 4.99 Å². The third-order valence-corrected chi connectivity index (χ3v) is 4.36. The first-order chi connectivity index (χ1) is 9.49. The molecule has 0 saturated heterocycles. The van der Waals surface area contributed by atoms with Gasteiger partial charge in [-0.1, -0.05) is 24.4 Å². The molecule has 0 aliphatic rings. The second-order valence-electron chi connectivity index (χ2n) is 4.32. The second kappa shape index (κ2) is 9.87. The molecule has 118 valence electrons. The minimum absolute atomic E-state index is 0. The van der Waals surface area contributed by atoms with E-state index in [9.17, 15) is 5.11 Å². The SMILES string of the molecule is CCN(CC)C(=Nc1ccccc1O)SC(=S)N(C)C.Cl. The van der Waals surface area contributed by atoms with E-state index in [1.165, 1.54) is 11.8 Å². The summed E-state index contributed by atoms with van der Waals surface area (Å²) in [6, 6.07) is 7.06. The largest absolute Gasteiger partial charge is 0.506 e. The fraction of sp³-hybridized carbons (Fsp3) is 0.429. The van der Waals surface area contributed by atoms with Gasteiger partial charge >= 0.3 is 0 Å². The molecule has 1 rings (SSSR count). The van der Waals surface area contributed by atoms with E-state index in [0.717, 1.165) is 22.6 Å². The van der Waals surface area contributed by atoms with Gasteiger partial charge in [-0.15, -0.1) is 12.4 Å². The number of benzene rings is 1. The molecule has 1 N–H and O–H groups in total. The van der Waals surface area contributed by atoms with E-state index in [2.05, 4.69) is 23.7 Å². The standard InChI is InChI=1S/C14H21N3OS2.ClH/c1-5-17(6-2)13(20-14(19)16(3)4)15-11-9-7-8-10-12(11)18;/h7-10,18H,5-6H2,1-4H3;1H. The van der Waals surface area contributed by atoms with E-state index < -0.39 is 0 Å². The highest BCUT2D eigenvalue weighted by Gasteiger charge is 2.14. The number of thioether (sulfide) groups is 1. The normalized spacial score (nSPS) is 10.8. The van der Waals surface area contributed by atoms with E-state index in [1.807, 2.05) is 25.1 Å². The number of phenolic OH excluding ortho intramolecular Hbond substituents is 1. The fourth-order valence-corrected chi connectivity index (χ4v) is 2.58. The van der Waals surface area contributed by atoms with Gasteiger partial charge < -0.3 is 14.9 Å². The predicted octanol–water partition coefficient (Wildman–Crippen LogP) is 3.72. The van der Waals surface area contributed by atoms with Crippen LogP contribution < -0.4 is 0 Å². The molecule has 7 heteroatoms. The first kappa shape index (κ1) is 20.0. The lowest BCUT2D eigenvalue weighted by Gasteiger charge is -2.24. The van der Waals surface area contributed by atoms with Crippen LogP contribution in [-0.2, 0) is 0 Å². The van der Waals surface area contributed by atoms with Gasteiger partial charge in [0.25, 0.3) is 0 Å². The number of aromatic hydroxyl groups is 1. The molecule has 0 radical (unpaired) electrons. The third-order valence-electron chi connectivity index (χ3n) is 2.68. The van der Waals surface area contributed by atoms with Crippen LogP contribution in [0.1, 0.15) is 13.8 Å². The molecule has 0 unspecified atom stereocenters. The van der Waals surface area contributed by atoms with Gasteiger partial charge in [0.05, 0.1) is 0 Å². The number of para-hydroxylation sites is 2. The lowest BCUT2D eigenvalue weighted by Crippen LogP contribution is -2.31. The van der Waals surface area contributed by atoms with Crippen molar-refractivity contribution in [1.82, 2.24) is 9.80 Å². The number of thiocarbonyl (C=S) groups is 1. The Labute approximate surface area is 142 Å². The van der Waals surface area contributed by atoms with Crippen molar-refractivity contribution >= 4 is 51.6 Å². The molecule has 4 nitrogen and oxygen atoms in total. The number of nitrogens with zero attached hydrogens (tertiary/aromatic N) is 3. The van der Waals surface area contributed by atoms with Crippen LogP contribution >= 0.6 is 36.4 Å². The molecule has 0 saturated carbocycles. The minimum Gasteiger partial charge on any atom is -0.506 e. The molecular formula is C14H22ClN3OS2. The molecule has 1 aromatic carbocycles. The van der Waals surface area contributed by atoms with Crippen molar-refractivity contribution in [1.29, 1.82) is 0 Å². The summed E-state index contributed by atoms with van der Waals surface area (Å²) in [7, 11) is 3.82. The van der Waals surface area contributed by atoms with Crippen molar-refractivity contribution in [3.8, 4) is 5.75 Å². The zero-order valence-corrected chi connectivity index (χ0v) is 15.2. The summed E-state index contributed by atoms with van der Waals surface area (Å²) in [5.41, 5.74) is 0.559. The number of hydrogen-bond donors (Lipinski definition) is 1. The Morgan fingerprint density at radius 1 is 1.24 bits per heavy atom. The summed E-state index contributed by atoms with van der Waals surface area (Å²) in [4.78, 5) is 8.56. The van der Waals surface area contributed by atoms with Crippen molar-refractivity contribution in [2.45, 2.75) is 13.8 Å². The van der Waals surface area contributed by atoms with Crippen LogP contribution in [-0.4, -0.2) is 51.6 Å². The van der Waals surface area contributed by atoms with Crippen molar-refractivity contribution in [2.75, 3.05) is 27.2 Å². The Bertz CT molecular complexity index is 491. The minimum atomic E-state index is 0. The molecular weight excluding hydrogens is 326 g/mol. The summed E-state index contributed by atoms with van der Waals surface area (Å²) in [5, 5.41) is 10.7. The number of phenols is 1. The molecule has 1 aromatic rings. The lowest BCUT2D eigenvalue weighted by molar-refractivity contribution is 0.470. The van der Waals surface area contributed by atoms with Crippen LogP contribution in [0, 0.1) is 0 Å². The summed E-state index contributed by atoms with van der Waals surface area (Å²) < 4.78 is 0.742. The van der Waals surface area contributed by atoms with Gasteiger partial charge in [-0.2, -0.15) is 0 Å². The van der Waals surface area contributed by atoms with E-state index in [-0.39, 0.29) is 18.2 Å². The van der Waals surface area contributed by atoms with Gasteiger partial charge in [0.1, 0.15) is 15.8 Å². The zero-order valence-electron chi connectivity index (χ0n) is 12.7. The van der Waals surface area contributed by atoms with Crippen molar-refractivity contribution in [3.05, 3.63) is 24.3 Å². The van der Waals surface area contributed by atoms with Crippen LogP contribution in [0.15, 0.2) is 29.3 Å². The smallest absolute Gasteiger partial charge is 0.171 e. The van der Waals surface area contributed by atoms with Crippen LogP contribution in [0.5, 0.6) is 5.75 Å². The van der Waals surface area contributed by atoms with Gasteiger partial charge in [-0.3, -0.25) is 0 Å². The lowest BCUT2D eigenvalue weighted by atomic mass is 10.3. The Balaban J connectivity index is 0.00000400. The Morgan fingerprint density at radius 3 is 2.29 bits per heavy atom. The van der Waals surface area contributed by atoms with Gasteiger partial charge in [0, 0.05) is 27.2 Å². The molecule has 21 heavy (non-hydrogen) atoms. The maximum absolute atomic E-state index is 9.85. The van der Waals surface area contributed by atoms with Crippen molar-refractivity contribution < 1.29 is 5.11 Å². The van der Waals surface area contributed by atoms with E-state index in [4.69, 9.17) is 12.2 Å². The van der Waals surface area contributed by atoms with Gasteiger partial charge in [-0.05, 0) is 37.7 Å². The molecule has 0 amide bonds. The summed E-state index contributed by atoms with van der Waals surface area (Å²) in [6.45, 7) is 5.82. The Kier molecular flexibility index (Phi) is 9.41. The predicted molar refractivity (Wildman–Crippen MR) is 99.2 cm³/mol. The molecule has 0 aliphatic heterocycles. The third kappa shape index (κ3) is 6.11. The summed E-state index contributed by atoms with van der Waals surface area (Å²) in [5.74, 6) is 0.175. The maximum Gasteiger partial charge on any atom is 0.171 e. The van der Waals surface area contributed by atoms with E-state index >= 15 is 0 Å². The number of aliphatic imine (C=N–C) groups is 1. The Morgan fingerprint density at radius 2 is 1.81 bits per heavy atom. The van der Waals surface area contributed by atoms with Crippen LogP contribution in [0.2, 0.25) is 0 Å². The molecule has 0 fully saturated rings. The second-order valence-corrected chi connectivity index (χ2v) is 5.92. The molecule has 0 heterocycles. The van der Waals surface area contributed by atoms with Crippen LogP contribution in [0.4, 0.5) is 5.69 Å². The van der Waals surface area contributed by atoms with Crippen molar-refractivity contribution in [3.63, 3.8) is 0 Å². The molecule has 0 bridgehead atoms. The van der Waals surface area contributed by atoms with Gasteiger partial charge in [0.15, 0.2) is 5.17 Å². The quantitative estimate of drug-likeness (QED) is 0.512. The molecule has 0 spiro atoms. The van der Waals surface area contributed by atoms with Crippen LogP contribution in [0.3, 0.4) is 0 Å². The van der Waals surface area contributed by atoms with E-state index in [0.29, 0.717) is 5.69 Å². The first-order valence-corrected chi connectivity index (χ1v) is 7.72. The highest BCUT2D eigenvalue weighted by molar-refractivity contribution is 8.32. The summed E-state index contributed by atoms with van der Waals surface area (Å²) >= 11 is 6.77. The maximum atomic E-state index is 9.85. The van der Waals surface area contributed by atoms with Crippen molar-refractivity contribution in [2.24, 2.45) is 4.99 Å². The monoisotopic (exact) mass is 347 g/mol. The average Bonchev–Trinajstić information content (AvgIpc) is 2.42. The highest BCUT2D eigenvalue weighted by atomic mass is 35.5. The number of amidine groups is 1. The first-order valence-electron chi connectivity index (χ1n) is 6.50. The molecule has 0 atom stereocenters. The fourth-order valence-electron chi connectivity index (χ4n) is 1.48. The highest BCUT2D eigenvalue weighted by Crippen LogP contribution is 2.27. The van der Waals surface area contributed by atoms with Crippen LogP contribution in [0.25, 0.3) is 0 Å². The zero-order chi connectivity index (χ0) is 15.1. The molecule has 0 aromatic heterocycles. The number of rotatable bonds is 3.